The molecule has 0 bridgehead atoms. The third-order valence-corrected chi connectivity index (χ3v) is 4.54. The van der Waals surface area contributed by atoms with Gasteiger partial charge in [-0.25, -0.2) is 0 Å². The number of aliphatic hydroxyl groups excluding tert-OH is 1. The van der Waals surface area contributed by atoms with Crippen molar-refractivity contribution >= 4 is 11.6 Å². The number of halogens is 1. The molecule has 1 N–H and O–H groups in total. The van der Waals surface area contributed by atoms with Crippen molar-refractivity contribution in [1.82, 2.24) is 0 Å². The fourth-order valence-corrected chi connectivity index (χ4v) is 3.75. The molecule has 1 aromatic carbocycles. The fraction of sp³-hybridized carbons (Fsp3) is 0.625. The fourth-order valence-electron chi connectivity index (χ4n) is 3.51. The average molecular weight is 267 g/mol. The molecule has 0 radical (unpaired) electrons. The summed E-state index contributed by atoms with van der Waals surface area (Å²) >= 11 is 6.24. The van der Waals surface area contributed by atoms with Crippen LogP contribution in [0.25, 0.3) is 0 Å². The summed E-state index contributed by atoms with van der Waals surface area (Å²) in [4.78, 5) is 0. The van der Waals surface area contributed by atoms with E-state index in [1.807, 2.05) is 24.3 Å². The smallest absolute Gasteiger partial charge is 0.0860 e. The lowest BCUT2D eigenvalue weighted by Crippen LogP contribution is -2.28. The maximum atomic E-state index is 10.8. The Kier molecular flexibility index (Phi) is 4.34. The second-order valence-corrected chi connectivity index (χ2v) is 6.50. The highest BCUT2D eigenvalue weighted by Crippen LogP contribution is 2.52. The monoisotopic (exact) mass is 266 g/mol. The minimum absolute atomic E-state index is 0.0408. The van der Waals surface area contributed by atoms with Crippen LogP contribution in [-0.2, 0) is 0 Å². The van der Waals surface area contributed by atoms with E-state index in [-0.39, 0.29) is 5.41 Å². The molecule has 0 saturated heterocycles. The molecule has 1 fully saturated rings. The molecular formula is C16H23ClO. The van der Waals surface area contributed by atoms with Crippen molar-refractivity contribution < 1.29 is 5.11 Å². The van der Waals surface area contributed by atoms with Gasteiger partial charge in [-0.05, 0) is 36.8 Å². The Bertz CT molecular complexity index is 394. The quantitative estimate of drug-likeness (QED) is 0.815. The summed E-state index contributed by atoms with van der Waals surface area (Å²) in [5.41, 5.74) is 0.945. The highest BCUT2D eigenvalue weighted by Gasteiger charge is 2.42. The van der Waals surface area contributed by atoms with E-state index in [0.717, 1.165) is 24.8 Å². The molecular weight excluding hydrogens is 244 g/mol. The van der Waals surface area contributed by atoms with Crippen molar-refractivity contribution in [2.75, 3.05) is 0 Å². The maximum absolute atomic E-state index is 10.8. The molecule has 1 atom stereocenters. The zero-order valence-corrected chi connectivity index (χ0v) is 12.1. The van der Waals surface area contributed by atoms with Gasteiger partial charge in [0.05, 0.1) is 6.10 Å². The molecule has 1 aliphatic rings. The van der Waals surface area contributed by atoms with Gasteiger partial charge in [-0.1, -0.05) is 56.5 Å². The standard InChI is InChI=1S/C16H23ClO/c1-12(2)11-16(9-5-6-10-16)15(18)13-7-3-4-8-14(13)17/h3-4,7-8,12,15,18H,5-6,9-11H2,1-2H3. The van der Waals surface area contributed by atoms with Gasteiger partial charge >= 0.3 is 0 Å². The van der Waals surface area contributed by atoms with E-state index >= 15 is 0 Å². The molecule has 0 aliphatic heterocycles. The van der Waals surface area contributed by atoms with Crippen molar-refractivity contribution in [3.63, 3.8) is 0 Å². The molecule has 1 aromatic rings. The minimum Gasteiger partial charge on any atom is -0.388 e. The molecule has 1 nitrogen and oxygen atoms in total. The van der Waals surface area contributed by atoms with Crippen LogP contribution in [0.2, 0.25) is 5.02 Å². The molecule has 1 unspecified atom stereocenters. The van der Waals surface area contributed by atoms with Crippen molar-refractivity contribution in [2.24, 2.45) is 11.3 Å². The van der Waals surface area contributed by atoms with Crippen LogP contribution in [0.4, 0.5) is 0 Å². The van der Waals surface area contributed by atoms with Crippen LogP contribution in [0.5, 0.6) is 0 Å². The second-order valence-electron chi connectivity index (χ2n) is 6.09. The maximum Gasteiger partial charge on any atom is 0.0860 e. The summed E-state index contributed by atoms with van der Waals surface area (Å²) < 4.78 is 0. The van der Waals surface area contributed by atoms with Gasteiger partial charge < -0.3 is 5.11 Å². The number of hydrogen-bond donors (Lipinski definition) is 1. The van der Waals surface area contributed by atoms with Crippen LogP contribution in [-0.4, -0.2) is 5.11 Å². The van der Waals surface area contributed by atoms with Gasteiger partial charge in [0.1, 0.15) is 0 Å². The van der Waals surface area contributed by atoms with Crippen LogP contribution in [0, 0.1) is 11.3 Å². The molecule has 2 heteroatoms. The van der Waals surface area contributed by atoms with Crippen LogP contribution in [0.3, 0.4) is 0 Å². The first-order valence-corrected chi connectivity index (χ1v) is 7.35. The topological polar surface area (TPSA) is 20.2 Å². The van der Waals surface area contributed by atoms with E-state index in [1.54, 1.807) is 0 Å². The van der Waals surface area contributed by atoms with Gasteiger partial charge in [-0.2, -0.15) is 0 Å². The van der Waals surface area contributed by atoms with E-state index in [9.17, 15) is 5.11 Å². The first-order valence-electron chi connectivity index (χ1n) is 6.98. The first-order chi connectivity index (χ1) is 8.55. The van der Waals surface area contributed by atoms with Crippen LogP contribution < -0.4 is 0 Å². The molecule has 1 aliphatic carbocycles. The Labute approximate surface area is 115 Å². The van der Waals surface area contributed by atoms with Gasteiger partial charge in [0.25, 0.3) is 0 Å². The van der Waals surface area contributed by atoms with E-state index < -0.39 is 6.10 Å². The van der Waals surface area contributed by atoms with Gasteiger partial charge in [-0.15, -0.1) is 0 Å². The average Bonchev–Trinajstić information content (AvgIpc) is 2.77. The lowest BCUT2D eigenvalue weighted by molar-refractivity contribution is 0.0113. The predicted octanol–water partition coefficient (Wildman–Crippen LogP) is 4.98. The zero-order chi connectivity index (χ0) is 13.2. The number of aliphatic hydroxyl groups is 1. The zero-order valence-electron chi connectivity index (χ0n) is 11.3. The highest BCUT2D eigenvalue weighted by atomic mass is 35.5. The Hall–Kier alpha value is -0.530. The molecule has 0 amide bonds. The lowest BCUT2D eigenvalue weighted by Gasteiger charge is -2.36. The van der Waals surface area contributed by atoms with Crippen LogP contribution in [0.1, 0.15) is 57.6 Å². The van der Waals surface area contributed by atoms with E-state index in [1.165, 1.54) is 12.8 Å². The Morgan fingerprint density at radius 2 is 1.83 bits per heavy atom. The third kappa shape index (κ3) is 2.73. The minimum atomic E-state index is -0.420. The predicted molar refractivity (Wildman–Crippen MR) is 76.8 cm³/mol. The highest BCUT2D eigenvalue weighted by molar-refractivity contribution is 6.31. The summed E-state index contributed by atoms with van der Waals surface area (Å²) in [6.07, 6.45) is 5.37. The van der Waals surface area contributed by atoms with Crippen molar-refractivity contribution in [3.05, 3.63) is 34.9 Å². The van der Waals surface area contributed by atoms with Crippen molar-refractivity contribution in [2.45, 2.75) is 52.1 Å². The number of benzene rings is 1. The summed E-state index contributed by atoms with van der Waals surface area (Å²) in [6.45, 7) is 4.47. The van der Waals surface area contributed by atoms with Gasteiger partial charge in [0, 0.05) is 10.4 Å². The molecule has 0 aromatic heterocycles. The van der Waals surface area contributed by atoms with Gasteiger partial charge in [-0.3, -0.25) is 0 Å². The number of hydrogen-bond acceptors (Lipinski definition) is 1. The van der Waals surface area contributed by atoms with Gasteiger partial charge in [0.2, 0.25) is 0 Å². The molecule has 100 valence electrons. The summed E-state index contributed by atoms with van der Waals surface area (Å²) in [5, 5.41) is 11.5. The first kappa shape index (κ1) is 13.9. The van der Waals surface area contributed by atoms with Crippen LogP contribution in [0.15, 0.2) is 24.3 Å². The SMILES string of the molecule is CC(C)CC1(C(O)c2ccccc2Cl)CCCC1. The molecule has 0 heterocycles. The molecule has 0 spiro atoms. The van der Waals surface area contributed by atoms with Crippen LogP contribution >= 0.6 is 11.6 Å². The van der Waals surface area contributed by atoms with Crippen molar-refractivity contribution in [3.8, 4) is 0 Å². The summed E-state index contributed by atoms with van der Waals surface area (Å²) in [5.74, 6) is 0.611. The Balaban J connectivity index is 2.29. The Morgan fingerprint density at radius 1 is 1.22 bits per heavy atom. The third-order valence-electron chi connectivity index (χ3n) is 4.19. The van der Waals surface area contributed by atoms with Gasteiger partial charge in [0.15, 0.2) is 0 Å². The molecule has 1 saturated carbocycles. The van der Waals surface area contributed by atoms with Crippen molar-refractivity contribution in [1.29, 1.82) is 0 Å². The largest absolute Gasteiger partial charge is 0.388 e. The summed E-state index contributed by atoms with van der Waals surface area (Å²) in [7, 11) is 0. The second kappa shape index (κ2) is 5.63. The molecule has 2 rings (SSSR count). The summed E-state index contributed by atoms with van der Waals surface area (Å²) in [6, 6.07) is 7.72. The Morgan fingerprint density at radius 3 is 2.39 bits per heavy atom. The lowest BCUT2D eigenvalue weighted by atomic mass is 9.72. The van der Waals surface area contributed by atoms with E-state index in [2.05, 4.69) is 13.8 Å². The van der Waals surface area contributed by atoms with E-state index in [0.29, 0.717) is 10.9 Å². The molecule has 18 heavy (non-hydrogen) atoms. The normalized spacial score (nSPS) is 20.3. The number of rotatable bonds is 4. The van der Waals surface area contributed by atoms with E-state index in [4.69, 9.17) is 11.6 Å².